The number of para-hydroxylation sites is 1. The van der Waals surface area contributed by atoms with E-state index in [0.717, 1.165) is 0 Å². The maximum Gasteiger partial charge on any atom is 0.337 e. The van der Waals surface area contributed by atoms with Crippen molar-refractivity contribution >= 4 is 33.1 Å². The molecule has 35 heavy (non-hydrogen) atoms. The van der Waals surface area contributed by atoms with Crippen LogP contribution in [-0.4, -0.2) is 52.3 Å². The van der Waals surface area contributed by atoms with Crippen LogP contribution in [0.5, 0.6) is 5.75 Å². The van der Waals surface area contributed by atoms with E-state index in [1.807, 2.05) is 16.7 Å². The summed E-state index contributed by atoms with van der Waals surface area (Å²) in [4.78, 5) is 15.9. The molecule has 1 aliphatic rings. The minimum Gasteiger partial charge on any atom is -0.494 e. The average molecular weight is 500 g/mol. The Labute approximate surface area is 203 Å². The molecule has 0 radical (unpaired) electrons. The number of carbonyl (C=O) groups is 1. The minimum atomic E-state index is -4.01. The third-order valence-corrected chi connectivity index (χ3v) is 7.14. The summed E-state index contributed by atoms with van der Waals surface area (Å²) in [5, 5.41) is 9.75. The maximum absolute atomic E-state index is 14.1. The summed E-state index contributed by atoms with van der Waals surface area (Å²) in [6, 6.07) is 17.1. The Morgan fingerprint density at radius 3 is 2.29 bits per heavy atom. The fourth-order valence-corrected chi connectivity index (χ4v) is 5.07. The van der Waals surface area contributed by atoms with Gasteiger partial charge < -0.3 is 19.6 Å². The molecule has 0 saturated carbocycles. The molecule has 2 N–H and O–H groups in total. The summed E-state index contributed by atoms with van der Waals surface area (Å²) >= 11 is 0. The Bertz CT molecular complexity index is 1310. The lowest BCUT2D eigenvalue weighted by Gasteiger charge is -2.37. The van der Waals surface area contributed by atoms with Gasteiger partial charge in [0.15, 0.2) is 0 Å². The van der Waals surface area contributed by atoms with E-state index in [-0.39, 0.29) is 22.0 Å². The van der Waals surface area contributed by atoms with Crippen LogP contribution in [0.4, 0.5) is 21.5 Å². The Balaban J connectivity index is 1.50. The Morgan fingerprint density at radius 1 is 1.00 bits per heavy atom. The van der Waals surface area contributed by atoms with Crippen LogP contribution >= 0.6 is 0 Å². The molecule has 0 aliphatic carbocycles. The van der Waals surface area contributed by atoms with Gasteiger partial charge in [0, 0.05) is 31.9 Å². The van der Waals surface area contributed by atoms with E-state index >= 15 is 0 Å². The number of aromatic carboxylic acids is 1. The van der Waals surface area contributed by atoms with Crippen LogP contribution in [0.15, 0.2) is 71.6 Å². The third kappa shape index (κ3) is 5.48. The second-order valence-electron chi connectivity index (χ2n) is 7.97. The van der Waals surface area contributed by atoms with Gasteiger partial charge in [0.1, 0.15) is 11.6 Å². The number of nitrogens with zero attached hydrogens (tertiary/aromatic N) is 2. The van der Waals surface area contributed by atoms with Crippen molar-refractivity contribution in [3.63, 3.8) is 0 Å². The van der Waals surface area contributed by atoms with Crippen LogP contribution in [0.2, 0.25) is 0 Å². The van der Waals surface area contributed by atoms with Gasteiger partial charge in [-0.05, 0) is 61.5 Å². The van der Waals surface area contributed by atoms with E-state index in [0.29, 0.717) is 49.9 Å². The SMILES string of the molecule is CCOc1ccc(S(=O)(=O)Nc2ccc(N3CCN(c4ccccc4F)CC3)cc2C(=O)O)cc1. The molecule has 1 fully saturated rings. The Kier molecular flexibility index (Phi) is 7.11. The van der Waals surface area contributed by atoms with Crippen molar-refractivity contribution in [2.75, 3.05) is 47.3 Å². The van der Waals surface area contributed by atoms with Crippen molar-refractivity contribution in [3.05, 3.63) is 78.1 Å². The fourth-order valence-electron chi connectivity index (χ4n) is 3.99. The largest absolute Gasteiger partial charge is 0.494 e. The number of halogens is 1. The average Bonchev–Trinajstić information content (AvgIpc) is 2.85. The van der Waals surface area contributed by atoms with Crippen LogP contribution in [0.25, 0.3) is 0 Å². The van der Waals surface area contributed by atoms with Crippen molar-refractivity contribution in [1.29, 1.82) is 0 Å². The highest BCUT2D eigenvalue weighted by atomic mass is 32.2. The normalized spacial score (nSPS) is 14.0. The summed E-state index contributed by atoms with van der Waals surface area (Å²) in [6.45, 7) is 4.53. The molecule has 10 heteroatoms. The molecule has 0 unspecified atom stereocenters. The molecule has 4 rings (SSSR count). The van der Waals surface area contributed by atoms with Crippen LogP contribution in [0.1, 0.15) is 17.3 Å². The molecule has 0 atom stereocenters. The zero-order chi connectivity index (χ0) is 25.0. The fraction of sp³-hybridized carbons (Fsp3) is 0.240. The molecule has 3 aromatic rings. The van der Waals surface area contributed by atoms with Gasteiger partial charge in [-0.2, -0.15) is 0 Å². The summed E-state index contributed by atoms with van der Waals surface area (Å²) in [5.41, 5.74) is 1.01. The van der Waals surface area contributed by atoms with E-state index in [1.54, 1.807) is 36.4 Å². The van der Waals surface area contributed by atoms with Crippen LogP contribution in [0, 0.1) is 5.82 Å². The highest BCUT2D eigenvalue weighted by Crippen LogP contribution is 2.28. The van der Waals surface area contributed by atoms with E-state index < -0.39 is 16.0 Å². The number of rotatable bonds is 8. The van der Waals surface area contributed by atoms with Crippen molar-refractivity contribution in [3.8, 4) is 5.75 Å². The first-order valence-corrected chi connectivity index (χ1v) is 12.6. The third-order valence-electron chi connectivity index (χ3n) is 5.76. The van der Waals surface area contributed by atoms with E-state index in [2.05, 4.69) is 4.72 Å². The molecule has 8 nitrogen and oxygen atoms in total. The molecular formula is C25H26FN3O5S. The van der Waals surface area contributed by atoms with E-state index in [4.69, 9.17) is 4.74 Å². The number of benzene rings is 3. The lowest BCUT2D eigenvalue weighted by atomic mass is 10.1. The van der Waals surface area contributed by atoms with Crippen LogP contribution < -0.4 is 19.3 Å². The lowest BCUT2D eigenvalue weighted by molar-refractivity contribution is 0.0698. The summed E-state index contributed by atoms with van der Waals surface area (Å²) in [5.74, 6) is -0.989. The zero-order valence-electron chi connectivity index (χ0n) is 19.1. The number of carboxylic acids is 1. The standard InChI is InChI=1S/C25H26FN3O5S/c1-2-34-19-8-10-20(11-9-19)35(32,33)27-23-12-7-18(17-21(23)25(30)31)28-13-15-29(16-14-28)24-6-4-3-5-22(24)26/h3-12,17,27H,2,13-16H2,1H3,(H,30,31). The first-order valence-electron chi connectivity index (χ1n) is 11.2. The number of ether oxygens (including phenoxy) is 1. The summed E-state index contributed by atoms with van der Waals surface area (Å²) in [7, 11) is -4.01. The number of hydrogen-bond acceptors (Lipinski definition) is 6. The smallest absolute Gasteiger partial charge is 0.337 e. The van der Waals surface area contributed by atoms with Gasteiger partial charge >= 0.3 is 5.97 Å². The predicted octanol–water partition coefficient (Wildman–Crippen LogP) is 4.05. The first kappa shape index (κ1) is 24.3. The van der Waals surface area contributed by atoms with Crippen LogP contribution in [-0.2, 0) is 10.0 Å². The topological polar surface area (TPSA) is 99.2 Å². The Hall–Kier alpha value is -3.79. The number of anilines is 3. The molecular weight excluding hydrogens is 473 g/mol. The van der Waals surface area contributed by atoms with E-state index in [1.165, 1.54) is 30.3 Å². The van der Waals surface area contributed by atoms with Gasteiger partial charge in [-0.3, -0.25) is 4.72 Å². The second kappa shape index (κ2) is 10.2. The van der Waals surface area contributed by atoms with Gasteiger partial charge in [0.2, 0.25) is 0 Å². The first-order chi connectivity index (χ1) is 16.8. The van der Waals surface area contributed by atoms with Crippen LogP contribution in [0.3, 0.4) is 0 Å². The molecule has 1 heterocycles. The molecule has 184 valence electrons. The summed E-state index contributed by atoms with van der Waals surface area (Å²) in [6.07, 6.45) is 0. The second-order valence-corrected chi connectivity index (χ2v) is 9.65. The highest BCUT2D eigenvalue weighted by Gasteiger charge is 2.23. The molecule has 1 saturated heterocycles. The molecule has 0 spiro atoms. The van der Waals surface area contributed by atoms with Gasteiger partial charge in [-0.25, -0.2) is 17.6 Å². The molecule has 0 amide bonds. The number of piperazine rings is 1. The van der Waals surface area contributed by atoms with Gasteiger partial charge in [-0.1, -0.05) is 12.1 Å². The van der Waals surface area contributed by atoms with Gasteiger partial charge in [-0.15, -0.1) is 0 Å². The molecule has 1 aliphatic heterocycles. The number of carboxylic acid groups (broad SMARTS) is 1. The van der Waals surface area contributed by atoms with Crippen molar-refractivity contribution in [1.82, 2.24) is 0 Å². The summed E-state index contributed by atoms with van der Waals surface area (Å²) < 4.78 is 47.5. The monoisotopic (exact) mass is 499 g/mol. The zero-order valence-corrected chi connectivity index (χ0v) is 20.0. The van der Waals surface area contributed by atoms with Gasteiger partial charge in [0.25, 0.3) is 10.0 Å². The number of nitrogens with one attached hydrogen (secondary N) is 1. The lowest BCUT2D eigenvalue weighted by Crippen LogP contribution is -2.46. The van der Waals surface area contributed by atoms with Crippen molar-refractivity contribution in [2.24, 2.45) is 0 Å². The van der Waals surface area contributed by atoms with Gasteiger partial charge in [0.05, 0.1) is 28.4 Å². The quantitative estimate of drug-likeness (QED) is 0.482. The van der Waals surface area contributed by atoms with Crippen molar-refractivity contribution < 1.29 is 27.4 Å². The molecule has 0 aromatic heterocycles. The predicted molar refractivity (Wildman–Crippen MR) is 133 cm³/mol. The van der Waals surface area contributed by atoms with Crippen molar-refractivity contribution in [2.45, 2.75) is 11.8 Å². The molecule has 3 aromatic carbocycles. The number of sulfonamides is 1. The van der Waals surface area contributed by atoms with E-state index in [9.17, 15) is 22.7 Å². The minimum absolute atomic E-state index is 0.00867. The highest BCUT2D eigenvalue weighted by molar-refractivity contribution is 7.92. The molecule has 0 bridgehead atoms. The Morgan fingerprint density at radius 2 is 1.66 bits per heavy atom. The maximum atomic E-state index is 14.1. The number of hydrogen-bond donors (Lipinski definition) is 2.